The second-order valence-corrected chi connectivity index (χ2v) is 12.2. The van der Waals surface area contributed by atoms with Crippen LogP contribution in [0.15, 0.2) is 66.2 Å². The number of halogens is 6. The van der Waals surface area contributed by atoms with Gasteiger partial charge in [-0.15, -0.1) is 11.3 Å². The Labute approximate surface area is 269 Å². The molecule has 1 fully saturated rings. The average molecular weight is 674 g/mol. The first kappa shape index (κ1) is 32.5. The third-order valence-electron chi connectivity index (χ3n) is 7.99. The van der Waals surface area contributed by atoms with Gasteiger partial charge < -0.3 is 15.5 Å². The van der Waals surface area contributed by atoms with Gasteiger partial charge in [0.25, 0.3) is 5.91 Å². The van der Waals surface area contributed by atoms with Crippen LogP contribution in [-0.4, -0.2) is 63.3 Å². The minimum absolute atomic E-state index is 0.113. The minimum Gasteiger partial charge on any atom is -0.331 e. The highest BCUT2D eigenvalue weighted by atomic mass is 32.1. The predicted octanol–water partition coefficient (Wildman–Crippen LogP) is 7.55. The first-order valence-corrected chi connectivity index (χ1v) is 15.4. The molecular weight excluding hydrogens is 644 g/mol. The lowest BCUT2D eigenvalue weighted by Gasteiger charge is -2.33. The summed E-state index contributed by atoms with van der Waals surface area (Å²) in [6.07, 6.45) is -7.91. The average Bonchev–Trinajstić information content (AvgIpc) is 3.66. The second kappa shape index (κ2) is 12.6. The maximum absolute atomic E-state index is 14.1. The Morgan fingerprint density at radius 1 is 0.957 bits per heavy atom. The number of hydrogen-bond acceptors (Lipinski definition) is 7. The van der Waals surface area contributed by atoms with Crippen molar-refractivity contribution in [2.45, 2.75) is 25.8 Å². The molecule has 0 atom stereocenters. The van der Waals surface area contributed by atoms with Gasteiger partial charge >= 0.3 is 12.4 Å². The fraction of sp³-hybridized carbons (Fsp3) is 0.281. The third-order valence-corrected chi connectivity index (χ3v) is 8.75. The summed E-state index contributed by atoms with van der Waals surface area (Å²) in [5, 5.41) is 7.77. The molecule has 0 saturated carbocycles. The van der Waals surface area contributed by atoms with Crippen molar-refractivity contribution in [2.24, 2.45) is 0 Å². The predicted molar refractivity (Wildman–Crippen MR) is 168 cm³/mol. The van der Waals surface area contributed by atoms with E-state index in [1.807, 2.05) is 11.9 Å². The van der Waals surface area contributed by atoms with E-state index >= 15 is 0 Å². The number of fused-ring (bicyclic) bond motifs is 1. The number of anilines is 3. The lowest BCUT2D eigenvalue weighted by atomic mass is 10.0. The summed E-state index contributed by atoms with van der Waals surface area (Å²) in [7, 11) is 1.97. The van der Waals surface area contributed by atoms with Crippen LogP contribution in [0.4, 0.5) is 42.8 Å². The van der Waals surface area contributed by atoms with Crippen LogP contribution < -0.4 is 10.6 Å². The Morgan fingerprint density at radius 3 is 2.45 bits per heavy atom. The Hall–Kier alpha value is -4.47. The number of hydrogen-bond donors (Lipinski definition) is 2. The number of carbonyl (C=O) groups excluding carboxylic acids is 1. The highest BCUT2D eigenvalue weighted by Crippen LogP contribution is 2.36. The summed E-state index contributed by atoms with van der Waals surface area (Å²) in [4.78, 5) is 25.8. The summed E-state index contributed by atoms with van der Waals surface area (Å²) in [5.74, 6) is -0.707. The molecule has 1 aliphatic heterocycles. The Bertz CT molecular complexity index is 1930. The molecule has 0 spiro atoms. The van der Waals surface area contributed by atoms with Crippen LogP contribution in [0.2, 0.25) is 0 Å². The van der Waals surface area contributed by atoms with Crippen molar-refractivity contribution in [3.05, 3.63) is 94.1 Å². The normalized spacial score (nSPS) is 14.9. The fourth-order valence-corrected chi connectivity index (χ4v) is 6.12. The summed E-state index contributed by atoms with van der Waals surface area (Å²) in [6, 6.07) is 12.3. The lowest BCUT2D eigenvalue weighted by Crippen LogP contribution is -2.44. The van der Waals surface area contributed by atoms with Gasteiger partial charge in [-0.2, -0.15) is 26.3 Å². The molecule has 0 radical (unpaired) electrons. The molecule has 246 valence electrons. The molecule has 1 saturated heterocycles. The molecule has 2 N–H and O–H groups in total. The third kappa shape index (κ3) is 7.11. The number of alkyl halides is 6. The Balaban J connectivity index is 1.19. The quantitative estimate of drug-likeness (QED) is 0.174. The molecule has 6 rings (SSSR count). The number of piperazine rings is 1. The summed E-state index contributed by atoms with van der Waals surface area (Å²) < 4.78 is 84.2. The minimum atomic E-state index is -4.64. The van der Waals surface area contributed by atoms with Gasteiger partial charge in [-0.1, -0.05) is 18.2 Å². The smallest absolute Gasteiger partial charge is 0.331 e. The van der Waals surface area contributed by atoms with E-state index in [4.69, 9.17) is 0 Å². The van der Waals surface area contributed by atoms with Crippen molar-refractivity contribution in [1.29, 1.82) is 0 Å². The molecule has 0 aliphatic carbocycles. The van der Waals surface area contributed by atoms with Crippen LogP contribution in [0.25, 0.3) is 17.0 Å². The van der Waals surface area contributed by atoms with Crippen LogP contribution >= 0.6 is 11.3 Å². The maximum Gasteiger partial charge on any atom is 0.431 e. The first-order chi connectivity index (χ1) is 22.3. The number of aromatic nitrogens is 3. The van der Waals surface area contributed by atoms with Crippen LogP contribution in [0.3, 0.4) is 0 Å². The Kier molecular flexibility index (Phi) is 8.72. The first-order valence-electron chi connectivity index (χ1n) is 14.6. The molecule has 5 aromatic rings. The Morgan fingerprint density at radius 2 is 1.72 bits per heavy atom. The number of nitrogens with one attached hydrogen (secondary N) is 2. The van der Waals surface area contributed by atoms with Crippen molar-refractivity contribution >= 4 is 39.4 Å². The molecule has 0 unspecified atom stereocenters. The van der Waals surface area contributed by atoms with E-state index < -0.39 is 29.5 Å². The zero-order valence-electron chi connectivity index (χ0n) is 25.2. The van der Waals surface area contributed by atoms with E-state index in [1.165, 1.54) is 30.5 Å². The van der Waals surface area contributed by atoms with Gasteiger partial charge in [0.2, 0.25) is 0 Å². The number of likely N-dealkylation sites (N-methyl/N-ethyl adjacent to an activating group) is 1. The summed E-state index contributed by atoms with van der Waals surface area (Å²) >= 11 is 1.16. The van der Waals surface area contributed by atoms with Gasteiger partial charge in [-0.25, -0.2) is 9.97 Å². The zero-order valence-corrected chi connectivity index (χ0v) is 26.0. The number of thiazole rings is 1. The van der Waals surface area contributed by atoms with Gasteiger partial charge in [0, 0.05) is 55.0 Å². The van der Waals surface area contributed by atoms with Crippen molar-refractivity contribution in [3.8, 4) is 11.4 Å². The van der Waals surface area contributed by atoms with Crippen LogP contribution in [-0.2, 0) is 18.9 Å². The van der Waals surface area contributed by atoms with Gasteiger partial charge in [-0.3, -0.25) is 14.1 Å². The van der Waals surface area contributed by atoms with E-state index in [2.05, 4.69) is 25.5 Å². The van der Waals surface area contributed by atoms with Gasteiger partial charge in [0.05, 0.1) is 17.5 Å². The van der Waals surface area contributed by atoms with E-state index in [0.717, 1.165) is 46.5 Å². The zero-order chi connectivity index (χ0) is 33.5. The van der Waals surface area contributed by atoms with E-state index in [9.17, 15) is 31.1 Å². The van der Waals surface area contributed by atoms with Crippen molar-refractivity contribution in [3.63, 3.8) is 0 Å². The number of benzene rings is 2. The molecule has 0 bridgehead atoms. The number of nitrogens with zero attached hydrogens (tertiary/aromatic N) is 5. The molecule has 47 heavy (non-hydrogen) atoms. The molecular formula is C32H29F6N7OS. The van der Waals surface area contributed by atoms with Crippen LogP contribution in [0, 0.1) is 6.92 Å². The van der Waals surface area contributed by atoms with E-state index in [-0.39, 0.29) is 34.7 Å². The summed E-state index contributed by atoms with van der Waals surface area (Å²) in [6.45, 7) is 4.78. The van der Waals surface area contributed by atoms with Crippen molar-refractivity contribution in [1.82, 2.24) is 24.2 Å². The van der Waals surface area contributed by atoms with Gasteiger partial charge in [-0.05, 0) is 61.5 Å². The van der Waals surface area contributed by atoms with Crippen molar-refractivity contribution in [2.75, 3.05) is 43.9 Å². The second-order valence-electron chi connectivity index (χ2n) is 11.3. The maximum atomic E-state index is 14.1. The number of pyridine rings is 1. The molecule has 8 nitrogen and oxygen atoms in total. The molecule has 1 amide bonds. The van der Waals surface area contributed by atoms with E-state index in [0.29, 0.717) is 29.6 Å². The van der Waals surface area contributed by atoms with Gasteiger partial charge in [0.1, 0.15) is 17.0 Å². The standard InChI is InChI=1S/C32H29F6N7OS/c1-19-6-9-22(40-29(46)20-7-8-21(23(14-20)31(33,34)35)17-44-12-10-43(2)11-13-44)15-24(19)41-30-42-25(18-47-30)26-16-39-28-5-3-4-27(45(26)28)32(36,37)38/h3-9,14-16,18H,10-13,17H2,1-2H3,(H,40,46)(H,41,42). The number of aryl methyl sites for hydroxylation is 1. The largest absolute Gasteiger partial charge is 0.431 e. The fourth-order valence-electron chi connectivity index (χ4n) is 5.41. The molecule has 2 aromatic carbocycles. The highest BCUT2D eigenvalue weighted by molar-refractivity contribution is 7.14. The van der Waals surface area contributed by atoms with Crippen molar-refractivity contribution < 1.29 is 31.1 Å². The number of rotatable bonds is 7. The lowest BCUT2D eigenvalue weighted by molar-refractivity contribution is -0.142. The molecule has 4 heterocycles. The topological polar surface area (TPSA) is 77.8 Å². The van der Waals surface area contributed by atoms with Gasteiger partial charge in [0.15, 0.2) is 5.13 Å². The SMILES string of the molecule is Cc1ccc(NC(=O)c2ccc(CN3CCN(C)CC3)c(C(F)(F)F)c2)cc1Nc1nc(-c2cnc3cccc(C(F)(F)F)n23)cs1. The van der Waals surface area contributed by atoms with Crippen LogP contribution in [0.1, 0.15) is 32.7 Å². The number of carbonyl (C=O) groups is 1. The van der Waals surface area contributed by atoms with E-state index in [1.54, 1.807) is 30.5 Å². The summed E-state index contributed by atoms with van der Waals surface area (Å²) in [5.41, 5.74) is 0.461. The monoisotopic (exact) mass is 673 g/mol. The number of imidazole rings is 1. The molecule has 3 aromatic heterocycles. The molecule has 15 heteroatoms. The number of amides is 1. The highest BCUT2D eigenvalue weighted by Gasteiger charge is 2.35. The van der Waals surface area contributed by atoms with Crippen LogP contribution in [0.5, 0.6) is 0 Å². The molecule has 1 aliphatic rings.